The molecule has 4 rings (SSSR count). The number of anilines is 1. The van der Waals surface area contributed by atoms with Crippen LogP contribution in [-0.2, 0) is 11.2 Å². The van der Waals surface area contributed by atoms with Gasteiger partial charge in [0, 0.05) is 49.0 Å². The summed E-state index contributed by atoms with van der Waals surface area (Å²) in [4.78, 5) is 20.2. The maximum atomic E-state index is 12.7. The van der Waals surface area contributed by atoms with Gasteiger partial charge in [-0.05, 0) is 67.8 Å². The first kappa shape index (κ1) is 20.3. The summed E-state index contributed by atoms with van der Waals surface area (Å²) in [6, 6.07) is 12.3. The number of fused-ring (bicyclic) bond motifs is 1. The van der Waals surface area contributed by atoms with Gasteiger partial charge in [-0.25, -0.2) is 0 Å². The number of carbonyl (C=O) groups is 1. The van der Waals surface area contributed by atoms with Gasteiger partial charge in [0.25, 0.3) is 5.91 Å². The van der Waals surface area contributed by atoms with Crippen LogP contribution in [0, 0.1) is 13.8 Å². The van der Waals surface area contributed by atoms with Crippen molar-refractivity contribution in [2.24, 2.45) is 5.73 Å². The number of amides is 1. The summed E-state index contributed by atoms with van der Waals surface area (Å²) in [7, 11) is 0. The van der Waals surface area contributed by atoms with E-state index in [2.05, 4.69) is 41.9 Å². The topological polar surface area (TPSA) is 74.6 Å². The number of aromatic amines is 1. The molecule has 2 heterocycles. The highest BCUT2D eigenvalue weighted by molar-refractivity contribution is 5.85. The predicted octanol–water partition coefficient (Wildman–Crippen LogP) is 3.01. The van der Waals surface area contributed by atoms with Gasteiger partial charge in [0.1, 0.15) is 5.75 Å². The minimum absolute atomic E-state index is 0.0342. The summed E-state index contributed by atoms with van der Waals surface area (Å²) < 4.78 is 5.83. The monoisotopic (exact) mass is 406 g/mol. The van der Waals surface area contributed by atoms with E-state index in [-0.39, 0.29) is 12.5 Å². The van der Waals surface area contributed by atoms with E-state index in [1.54, 1.807) is 0 Å². The normalized spacial score (nSPS) is 14.4. The number of benzene rings is 2. The highest BCUT2D eigenvalue weighted by atomic mass is 16.5. The zero-order valence-electron chi connectivity index (χ0n) is 17.8. The van der Waals surface area contributed by atoms with Gasteiger partial charge in [-0.3, -0.25) is 4.79 Å². The number of aryl methyl sites for hydroxylation is 1. The molecule has 158 valence electrons. The maximum absolute atomic E-state index is 12.7. The second-order valence-corrected chi connectivity index (χ2v) is 7.94. The second-order valence-electron chi connectivity index (χ2n) is 7.94. The number of piperazine rings is 1. The first-order chi connectivity index (χ1) is 14.6. The van der Waals surface area contributed by atoms with Crippen molar-refractivity contribution in [2.45, 2.75) is 20.3 Å². The van der Waals surface area contributed by atoms with Crippen molar-refractivity contribution < 1.29 is 9.53 Å². The average Bonchev–Trinajstić information content (AvgIpc) is 3.16. The van der Waals surface area contributed by atoms with E-state index < -0.39 is 0 Å². The van der Waals surface area contributed by atoms with Gasteiger partial charge in [0.05, 0.1) is 0 Å². The minimum atomic E-state index is 0.0342. The highest BCUT2D eigenvalue weighted by Gasteiger charge is 2.22. The standard InChI is InChI=1S/C24H30N4O2/c1-17-4-3-5-23(18(17)2)27-10-12-28(13-11-27)24(29)16-30-20-6-7-22-21(14-20)19(8-9-25)15-26-22/h3-7,14-15,26H,8-13,16,25H2,1-2H3. The number of aromatic nitrogens is 1. The Morgan fingerprint density at radius 2 is 1.93 bits per heavy atom. The van der Waals surface area contributed by atoms with Crippen LogP contribution in [0.3, 0.4) is 0 Å². The molecule has 0 radical (unpaired) electrons. The molecule has 0 aliphatic carbocycles. The minimum Gasteiger partial charge on any atom is -0.484 e. The van der Waals surface area contributed by atoms with E-state index in [0.717, 1.165) is 30.4 Å². The number of hydrogen-bond acceptors (Lipinski definition) is 4. The number of carbonyl (C=O) groups excluding carboxylic acids is 1. The van der Waals surface area contributed by atoms with Gasteiger partial charge in [-0.2, -0.15) is 0 Å². The molecule has 1 aliphatic rings. The van der Waals surface area contributed by atoms with Crippen molar-refractivity contribution in [1.82, 2.24) is 9.88 Å². The van der Waals surface area contributed by atoms with Crippen LogP contribution in [0.15, 0.2) is 42.6 Å². The van der Waals surface area contributed by atoms with Crippen molar-refractivity contribution in [3.63, 3.8) is 0 Å². The first-order valence-corrected chi connectivity index (χ1v) is 10.6. The fourth-order valence-corrected chi connectivity index (χ4v) is 4.12. The summed E-state index contributed by atoms with van der Waals surface area (Å²) in [6.45, 7) is 8.08. The molecule has 3 N–H and O–H groups in total. The molecule has 0 unspecified atom stereocenters. The fraction of sp³-hybridized carbons (Fsp3) is 0.375. The van der Waals surface area contributed by atoms with E-state index in [1.807, 2.05) is 29.3 Å². The van der Waals surface area contributed by atoms with Crippen LogP contribution in [0.2, 0.25) is 0 Å². The Balaban J connectivity index is 1.33. The number of hydrogen-bond donors (Lipinski definition) is 2. The van der Waals surface area contributed by atoms with E-state index in [0.29, 0.717) is 25.4 Å². The molecule has 0 saturated carbocycles. The van der Waals surface area contributed by atoms with Crippen LogP contribution in [0.25, 0.3) is 10.9 Å². The molecule has 3 aromatic rings. The van der Waals surface area contributed by atoms with E-state index >= 15 is 0 Å². The molecule has 1 fully saturated rings. The molecule has 6 nitrogen and oxygen atoms in total. The Kier molecular flexibility index (Phi) is 5.95. The molecule has 1 amide bonds. The molecule has 0 bridgehead atoms. The maximum Gasteiger partial charge on any atom is 0.260 e. The Morgan fingerprint density at radius 3 is 2.70 bits per heavy atom. The van der Waals surface area contributed by atoms with E-state index in [1.165, 1.54) is 22.4 Å². The Morgan fingerprint density at radius 1 is 1.13 bits per heavy atom. The lowest BCUT2D eigenvalue weighted by Crippen LogP contribution is -2.50. The number of H-pyrrole nitrogens is 1. The molecule has 0 spiro atoms. The van der Waals surface area contributed by atoms with Crippen LogP contribution in [0.5, 0.6) is 5.75 Å². The van der Waals surface area contributed by atoms with Gasteiger partial charge >= 0.3 is 0 Å². The largest absolute Gasteiger partial charge is 0.484 e. The lowest BCUT2D eigenvalue weighted by atomic mass is 10.1. The quantitative estimate of drug-likeness (QED) is 0.660. The van der Waals surface area contributed by atoms with Crippen molar-refractivity contribution in [3.05, 3.63) is 59.3 Å². The number of nitrogens with zero attached hydrogens (tertiary/aromatic N) is 2. The highest BCUT2D eigenvalue weighted by Crippen LogP contribution is 2.25. The zero-order chi connectivity index (χ0) is 21.1. The average molecular weight is 407 g/mol. The first-order valence-electron chi connectivity index (χ1n) is 10.6. The van der Waals surface area contributed by atoms with Gasteiger partial charge in [0.2, 0.25) is 0 Å². The van der Waals surface area contributed by atoms with Gasteiger partial charge in [-0.1, -0.05) is 12.1 Å². The Bertz CT molecular complexity index is 1030. The van der Waals surface area contributed by atoms with Crippen LogP contribution in [-0.4, -0.2) is 55.1 Å². The van der Waals surface area contributed by atoms with Gasteiger partial charge in [0.15, 0.2) is 6.61 Å². The van der Waals surface area contributed by atoms with Crippen LogP contribution >= 0.6 is 0 Å². The Hall–Kier alpha value is -2.99. The lowest BCUT2D eigenvalue weighted by Gasteiger charge is -2.37. The third-order valence-electron chi connectivity index (χ3n) is 6.06. The number of nitrogens with one attached hydrogen (secondary N) is 1. The molecular formula is C24H30N4O2. The van der Waals surface area contributed by atoms with Gasteiger partial charge < -0.3 is 25.3 Å². The van der Waals surface area contributed by atoms with Crippen LogP contribution in [0.4, 0.5) is 5.69 Å². The summed E-state index contributed by atoms with van der Waals surface area (Å²) in [5.74, 6) is 0.745. The fourth-order valence-electron chi connectivity index (χ4n) is 4.12. The van der Waals surface area contributed by atoms with Crippen molar-refractivity contribution in [2.75, 3.05) is 44.2 Å². The summed E-state index contributed by atoms with van der Waals surface area (Å²) >= 11 is 0. The SMILES string of the molecule is Cc1cccc(N2CCN(C(=O)COc3ccc4[nH]cc(CCN)c4c3)CC2)c1C. The Labute approximate surface area is 177 Å². The molecule has 2 aromatic carbocycles. The van der Waals surface area contributed by atoms with Crippen LogP contribution in [0.1, 0.15) is 16.7 Å². The zero-order valence-corrected chi connectivity index (χ0v) is 17.8. The van der Waals surface area contributed by atoms with Gasteiger partial charge in [-0.15, -0.1) is 0 Å². The number of rotatable bonds is 6. The van der Waals surface area contributed by atoms with Crippen molar-refractivity contribution >= 4 is 22.5 Å². The summed E-state index contributed by atoms with van der Waals surface area (Å²) in [5.41, 5.74) is 11.8. The number of ether oxygens (including phenoxy) is 1. The lowest BCUT2D eigenvalue weighted by molar-refractivity contribution is -0.133. The predicted molar refractivity (Wildman–Crippen MR) is 121 cm³/mol. The van der Waals surface area contributed by atoms with Crippen molar-refractivity contribution in [3.8, 4) is 5.75 Å². The molecule has 6 heteroatoms. The van der Waals surface area contributed by atoms with Crippen molar-refractivity contribution in [1.29, 1.82) is 0 Å². The summed E-state index contributed by atoms with van der Waals surface area (Å²) in [6.07, 6.45) is 2.80. The molecule has 0 atom stereocenters. The number of nitrogens with two attached hydrogens (primary N) is 1. The third kappa shape index (κ3) is 4.14. The third-order valence-corrected chi connectivity index (χ3v) is 6.06. The second kappa shape index (κ2) is 8.79. The van der Waals surface area contributed by atoms with E-state index in [9.17, 15) is 4.79 Å². The molecule has 1 aromatic heterocycles. The molecule has 1 saturated heterocycles. The molecule has 1 aliphatic heterocycles. The van der Waals surface area contributed by atoms with Crippen LogP contribution < -0.4 is 15.4 Å². The van der Waals surface area contributed by atoms with E-state index in [4.69, 9.17) is 10.5 Å². The molecule has 30 heavy (non-hydrogen) atoms. The summed E-state index contributed by atoms with van der Waals surface area (Å²) in [5, 5.41) is 1.10. The smallest absolute Gasteiger partial charge is 0.260 e. The molecular weight excluding hydrogens is 376 g/mol.